The lowest BCUT2D eigenvalue weighted by Crippen LogP contribution is -2.24. The second-order valence-electron chi connectivity index (χ2n) is 5.50. The summed E-state index contributed by atoms with van der Waals surface area (Å²) in [6.07, 6.45) is 1.05. The molecule has 2 rings (SSSR count). The van der Waals surface area contributed by atoms with Crippen molar-refractivity contribution in [2.45, 2.75) is 20.3 Å². The summed E-state index contributed by atoms with van der Waals surface area (Å²) in [5, 5.41) is 7.42. The molecule has 0 atom stereocenters. The molecule has 0 radical (unpaired) electrons. The summed E-state index contributed by atoms with van der Waals surface area (Å²) >= 11 is 11.8. The lowest BCUT2D eigenvalue weighted by Gasteiger charge is -2.08. The van der Waals surface area contributed by atoms with Crippen LogP contribution in [0.2, 0.25) is 10.0 Å². The summed E-state index contributed by atoms with van der Waals surface area (Å²) < 4.78 is 0. The summed E-state index contributed by atoms with van der Waals surface area (Å²) in [4.78, 5) is 23.7. The Labute approximate surface area is 156 Å². The van der Waals surface area contributed by atoms with Crippen LogP contribution in [0.3, 0.4) is 0 Å². The molecular formula is C18H17Cl2N3O2. The number of hydrazone groups is 1. The fourth-order valence-electron chi connectivity index (χ4n) is 2.11. The Kier molecular flexibility index (Phi) is 6.56. The fourth-order valence-corrected chi connectivity index (χ4v) is 2.57. The highest BCUT2D eigenvalue weighted by Gasteiger charge is 2.10. The van der Waals surface area contributed by atoms with Gasteiger partial charge in [-0.3, -0.25) is 9.59 Å². The average Bonchev–Trinajstić information content (AvgIpc) is 2.52. The Morgan fingerprint density at radius 1 is 1.08 bits per heavy atom. The van der Waals surface area contributed by atoms with Crippen LogP contribution in [0.25, 0.3) is 0 Å². The molecule has 2 N–H and O–H groups in total. The number of anilines is 1. The first-order chi connectivity index (χ1) is 11.8. The molecule has 0 unspecified atom stereocenters. The lowest BCUT2D eigenvalue weighted by atomic mass is 10.1. The third kappa shape index (κ3) is 5.89. The summed E-state index contributed by atoms with van der Waals surface area (Å²) in [6, 6.07) is 10.6. The fraction of sp³-hybridized carbons (Fsp3) is 0.167. The predicted molar refractivity (Wildman–Crippen MR) is 101 cm³/mol. The summed E-state index contributed by atoms with van der Waals surface area (Å²) in [5.74, 6) is -0.937. The number of benzene rings is 2. The van der Waals surface area contributed by atoms with E-state index in [1.807, 2.05) is 26.0 Å². The second-order valence-corrected chi connectivity index (χ2v) is 6.35. The number of aryl methyl sites for hydroxylation is 2. The molecular weight excluding hydrogens is 361 g/mol. The van der Waals surface area contributed by atoms with Crippen LogP contribution in [0.5, 0.6) is 0 Å². The van der Waals surface area contributed by atoms with Gasteiger partial charge in [0.25, 0.3) is 0 Å². The van der Waals surface area contributed by atoms with E-state index in [4.69, 9.17) is 23.2 Å². The van der Waals surface area contributed by atoms with Gasteiger partial charge >= 0.3 is 0 Å². The average molecular weight is 378 g/mol. The highest BCUT2D eigenvalue weighted by molar-refractivity contribution is 6.36. The molecule has 0 fully saturated rings. The number of nitrogens with zero attached hydrogens (tertiary/aromatic N) is 1. The van der Waals surface area contributed by atoms with Crippen LogP contribution >= 0.6 is 23.2 Å². The lowest BCUT2D eigenvalue weighted by molar-refractivity contribution is -0.126. The largest absolute Gasteiger partial charge is 0.325 e. The van der Waals surface area contributed by atoms with Crippen molar-refractivity contribution >= 4 is 46.9 Å². The maximum absolute atomic E-state index is 11.9. The van der Waals surface area contributed by atoms with Crippen molar-refractivity contribution in [2.24, 2.45) is 5.10 Å². The van der Waals surface area contributed by atoms with Gasteiger partial charge < -0.3 is 5.32 Å². The van der Waals surface area contributed by atoms with E-state index in [-0.39, 0.29) is 6.42 Å². The maximum atomic E-state index is 11.9. The van der Waals surface area contributed by atoms with E-state index in [9.17, 15) is 9.59 Å². The van der Waals surface area contributed by atoms with Gasteiger partial charge in [0.2, 0.25) is 11.8 Å². The van der Waals surface area contributed by atoms with Gasteiger partial charge in [0.15, 0.2) is 0 Å². The zero-order valence-corrected chi connectivity index (χ0v) is 15.3. The number of hydrogen-bond donors (Lipinski definition) is 2. The highest BCUT2D eigenvalue weighted by Crippen LogP contribution is 2.19. The van der Waals surface area contributed by atoms with Crippen molar-refractivity contribution in [1.29, 1.82) is 0 Å². The van der Waals surface area contributed by atoms with Crippen molar-refractivity contribution < 1.29 is 9.59 Å². The van der Waals surface area contributed by atoms with Crippen molar-refractivity contribution in [3.05, 3.63) is 63.1 Å². The molecule has 0 aliphatic heterocycles. The van der Waals surface area contributed by atoms with Gasteiger partial charge in [-0.05, 0) is 37.6 Å². The zero-order chi connectivity index (χ0) is 18.4. The molecule has 0 spiro atoms. The van der Waals surface area contributed by atoms with E-state index in [2.05, 4.69) is 15.8 Å². The van der Waals surface area contributed by atoms with Gasteiger partial charge in [0.05, 0.1) is 11.2 Å². The number of hydrogen-bond acceptors (Lipinski definition) is 3. The molecule has 2 amide bonds. The minimum atomic E-state index is -0.524. The Hall–Kier alpha value is -2.37. The number of amides is 2. The van der Waals surface area contributed by atoms with E-state index in [0.29, 0.717) is 21.3 Å². The topological polar surface area (TPSA) is 70.6 Å². The zero-order valence-electron chi connectivity index (χ0n) is 13.8. The van der Waals surface area contributed by atoms with Crippen LogP contribution in [-0.2, 0) is 9.59 Å². The maximum Gasteiger partial charge on any atom is 0.249 e. The van der Waals surface area contributed by atoms with Gasteiger partial charge in [-0.1, -0.05) is 47.0 Å². The van der Waals surface area contributed by atoms with E-state index in [1.165, 1.54) is 6.21 Å². The second kappa shape index (κ2) is 8.65. The first-order valence-corrected chi connectivity index (χ1v) is 8.25. The highest BCUT2D eigenvalue weighted by atomic mass is 35.5. The number of nitrogens with one attached hydrogen (secondary N) is 2. The van der Waals surface area contributed by atoms with Crippen LogP contribution in [0.15, 0.2) is 41.5 Å². The summed E-state index contributed by atoms with van der Waals surface area (Å²) in [6.45, 7) is 3.86. The Bertz CT molecular complexity index is 835. The number of rotatable bonds is 5. The van der Waals surface area contributed by atoms with Crippen LogP contribution in [0, 0.1) is 13.8 Å². The number of carbonyl (C=O) groups is 2. The van der Waals surface area contributed by atoms with E-state index >= 15 is 0 Å². The molecule has 25 heavy (non-hydrogen) atoms. The van der Waals surface area contributed by atoms with Gasteiger partial charge in [-0.25, -0.2) is 5.43 Å². The third-order valence-corrected chi connectivity index (χ3v) is 3.89. The van der Waals surface area contributed by atoms with Crippen LogP contribution in [0.4, 0.5) is 5.69 Å². The van der Waals surface area contributed by atoms with Gasteiger partial charge in [-0.15, -0.1) is 0 Å². The monoisotopic (exact) mass is 377 g/mol. The van der Waals surface area contributed by atoms with Crippen molar-refractivity contribution in [3.63, 3.8) is 0 Å². The predicted octanol–water partition coefficient (Wildman–Crippen LogP) is 4.09. The molecule has 0 bridgehead atoms. The van der Waals surface area contributed by atoms with Crippen LogP contribution in [0.1, 0.15) is 23.1 Å². The van der Waals surface area contributed by atoms with Crippen LogP contribution < -0.4 is 10.7 Å². The van der Waals surface area contributed by atoms with Crippen molar-refractivity contribution in [1.82, 2.24) is 5.43 Å². The first-order valence-electron chi connectivity index (χ1n) is 7.49. The first kappa shape index (κ1) is 19.0. The van der Waals surface area contributed by atoms with Crippen molar-refractivity contribution in [2.75, 3.05) is 5.32 Å². The molecule has 0 saturated carbocycles. The number of halogens is 2. The van der Waals surface area contributed by atoms with E-state index < -0.39 is 11.8 Å². The molecule has 0 aliphatic rings. The molecule has 0 saturated heterocycles. The Morgan fingerprint density at radius 3 is 2.52 bits per heavy atom. The van der Waals surface area contributed by atoms with Gasteiger partial charge in [0.1, 0.15) is 6.42 Å². The van der Waals surface area contributed by atoms with Gasteiger partial charge in [-0.2, -0.15) is 5.10 Å². The Morgan fingerprint density at radius 2 is 1.84 bits per heavy atom. The summed E-state index contributed by atoms with van der Waals surface area (Å²) in [7, 11) is 0. The molecule has 2 aromatic carbocycles. The standard InChI is InChI=1S/C18H17Cl2N3O2/c1-11-3-6-16(12(2)7-11)22-17(24)9-18(25)23-21-10-13-4-5-14(19)8-15(13)20/h3-8,10H,9H2,1-2H3,(H,22,24)(H,23,25). The van der Waals surface area contributed by atoms with Crippen molar-refractivity contribution in [3.8, 4) is 0 Å². The minimum absolute atomic E-state index is 0.334. The molecule has 5 nitrogen and oxygen atoms in total. The molecule has 0 heterocycles. The van der Waals surface area contributed by atoms with E-state index in [0.717, 1.165) is 11.1 Å². The smallest absolute Gasteiger partial charge is 0.249 e. The van der Waals surface area contributed by atoms with Crippen LogP contribution in [-0.4, -0.2) is 18.0 Å². The normalized spacial score (nSPS) is 10.7. The number of carbonyl (C=O) groups excluding carboxylic acids is 2. The molecule has 130 valence electrons. The van der Waals surface area contributed by atoms with E-state index in [1.54, 1.807) is 24.3 Å². The quantitative estimate of drug-likeness (QED) is 0.467. The van der Waals surface area contributed by atoms with Gasteiger partial charge in [0, 0.05) is 16.3 Å². The molecule has 7 heteroatoms. The molecule has 0 aliphatic carbocycles. The summed E-state index contributed by atoms with van der Waals surface area (Å²) in [5.41, 5.74) is 5.61. The SMILES string of the molecule is Cc1ccc(NC(=O)CC(=O)NN=Cc2ccc(Cl)cc2Cl)c(C)c1. The molecule has 2 aromatic rings. The Balaban J connectivity index is 1.87. The third-order valence-electron chi connectivity index (χ3n) is 3.33. The minimum Gasteiger partial charge on any atom is -0.325 e. The molecule has 0 aromatic heterocycles.